The molecule has 2 rings (SSSR count). The van der Waals surface area contributed by atoms with E-state index in [4.69, 9.17) is 0 Å². The van der Waals surface area contributed by atoms with Crippen LogP contribution in [0, 0.1) is 0 Å². The van der Waals surface area contributed by atoms with Gasteiger partial charge in [0.2, 0.25) is 21.8 Å². The highest BCUT2D eigenvalue weighted by Gasteiger charge is 2.46. The van der Waals surface area contributed by atoms with E-state index in [0.717, 1.165) is 4.31 Å². The highest BCUT2D eigenvalue weighted by molar-refractivity contribution is 7.88. The van der Waals surface area contributed by atoms with Crippen molar-refractivity contribution in [3.05, 3.63) is 35.9 Å². The van der Waals surface area contributed by atoms with Crippen molar-refractivity contribution in [1.82, 2.24) is 9.62 Å². The maximum Gasteiger partial charge on any atom is 0.247 e. The predicted octanol–water partition coefficient (Wildman–Crippen LogP) is 0.253. The van der Waals surface area contributed by atoms with Crippen molar-refractivity contribution in [3.63, 3.8) is 0 Å². The van der Waals surface area contributed by atoms with Crippen LogP contribution >= 0.6 is 0 Å². The Labute approximate surface area is 117 Å². The van der Waals surface area contributed by atoms with Crippen molar-refractivity contribution in [3.8, 4) is 0 Å². The van der Waals surface area contributed by atoms with Crippen molar-refractivity contribution in [2.75, 3.05) is 6.54 Å². The smallest absolute Gasteiger partial charge is 0.247 e. The summed E-state index contributed by atoms with van der Waals surface area (Å²) in [4.78, 5) is 23.2. The summed E-state index contributed by atoms with van der Waals surface area (Å²) in [6.07, 6.45) is 0. The molecule has 1 aliphatic rings. The minimum Gasteiger partial charge on any atom is -0.294 e. The van der Waals surface area contributed by atoms with Crippen molar-refractivity contribution in [2.24, 2.45) is 0 Å². The van der Waals surface area contributed by atoms with E-state index in [2.05, 4.69) is 5.32 Å². The normalized spacial score (nSPS) is 19.7. The number of hydrogen-bond donors (Lipinski definition) is 1. The number of carbonyl (C=O) groups excluding carboxylic acids is 2. The monoisotopic (exact) mass is 296 g/mol. The molecule has 1 heterocycles. The van der Waals surface area contributed by atoms with Crippen LogP contribution in [0.1, 0.15) is 19.4 Å². The van der Waals surface area contributed by atoms with Gasteiger partial charge in [-0.3, -0.25) is 14.9 Å². The molecule has 0 aliphatic carbocycles. The fourth-order valence-corrected chi connectivity index (χ4v) is 3.93. The molecule has 20 heavy (non-hydrogen) atoms. The molecule has 0 spiro atoms. The topological polar surface area (TPSA) is 83.6 Å². The fraction of sp³-hybridized carbons (Fsp3) is 0.385. The molecule has 1 saturated heterocycles. The number of nitrogens with one attached hydrogen (secondary N) is 1. The molecule has 0 atom stereocenters. The average Bonchev–Trinajstić information content (AvgIpc) is 2.34. The summed E-state index contributed by atoms with van der Waals surface area (Å²) in [5, 5.41) is 2.15. The number of carbonyl (C=O) groups is 2. The number of hydrogen-bond acceptors (Lipinski definition) is 4. The van der Waals surface area contributed by atoms with Crippen LogP contribution in [0.25, 0.3) is 0 Å². The number of nitrogens with zero attached hydrogens (tertiary/aromatic N) is 1. The van der Waals surface area contributed by atoms with Gasteiger partial charge in [-0.2, -0.15) is 4.31 Å². The number of piperazine rings is 1. The Hall–Kier alpha value is -1.73. The summed E-state index contributed by atoms with van der Waals surface area (Å²) in [6.45, 7) is 2.63. The first-order valence-corrected chi connectivity index (χ1v) is 7.73. The molecule has 0 bridgehead atoms. The van der Waals surface area contributed by atoms with Crippen LogP contribution in [0.5, 0.6) is 0 Å². The second-order valence-electron chi connectivity index (χ2n) is 5.18. The van der Waals surface area contributed by atoms with E-state index in [-0.39, 0.29) is 12.3 Å². The third-order valence-electron chi connectivity index (χ3n) is 3.25. The van der Waals surface area contributed by atoms with Gasteiger partial charge in [0.15, 0.2) is 0 Å². The quantitative estimate of drug-likeness (QED) is 0.811. The van der Waals surface area contributed by atoms with E-state index in [0.29, 0.717) is 5.56 Å². The van der Waals surface area contributed by atoms with Crippen LogP contribution in [-0.4, -0.2) is 36.6 Å². The van der Waals surface area contributed by atoms with Crippen molar-refractivity contribution >= 4 is 21.8 Å². The molecular formula is C13H16N2O4S. The Bertz CT molecular complexity index is 638. The van der Waals surface area contributed by atoms with Crippen molar-refractivity contribution in [1.29, 1.82) is 0 Å². The number of sulfonamides is 1. The second-order valence-corrected chi connectivity index (χ2v) is 7.08. The first-order chi connectivity index (χ1) is 9.23. The number of rotatable bonds is 3. The van der Waals surface area contributed by atoms with E-state index in [9.17, 15) is 18.0 Å². The summed E-state index contributed by atoms with van der Waals surface area (Å²) in [7, 11) is -3.76. The zero-order chi connectivity index (χ0) is 15.0. The maximum absolute atomic E-state index is 12.5. The predicted molar refractivity (Wildman–Crippen MR) is 73.0 cm³/mol. The van der Waals surface area contributed by atoms with Crippen LogP contribution in [-0.2, 0) is 25.4 Å². The van der Waals surface area contributed by atoms with E-state index >= 15 is 0 Å². The molecular weight excluding hydrogens is 280 g/mol. The lowest BCUT2D eigenvalue weighted by atomic mass is 10.0. The molecule has 7 heteroatoms. The third-order valence-corrected chi connectivity index (χ3v) is 5.20. The summed E-state index contributed by atoms with van der Waals surface area (Å²) >= 11 is 0. The highest BCUT2D eigenvalue weighted by atomic mass is 32.2. The SMILES string of the molecule is CC1(C)C(=O)NC(=O)CN1S(=O)(=O)Cc1ccccc1. The van der Waals surface area contributed by atoms with E-state index < -0.39 is 27.4 Å². The van der Waals surface area contributed by atoms with Gasteiger partial charge >= 0.3 is 0 Å². The molecule has 0 aromatic heterocycles. The molecule has 2 amide bonds. The number of imide groups is 1. The van der Waals surface area contributed by atoms with Gasteiger partial charge in [-0.25, -0.2) is 8.42 Å². The Morgan fingerprint density at radius 2 is 1.80 bits per heavy atom. The van der Waals surface area contributed by atoms with Gasteiger partial charge in [-0.05, 0) is 19.4 Å². The zero-order valence-corrected chi connectivity index (χ0v) is 12.1. The van der Waals surface area contributed by atoms with Gasteiger partial charge in [0.1, 0.15) is 5.54 Å². The summed E-state index contributed by atoms with van der Waals surface area (Å²) in [5.74, 6) is -1.45. The molecule has 6 nitrogen and oxygen atoms in total. The van der Waals surface area contributed by atoms with E-state index in [1.54, 1.807) is 30.3 Å². The van der Waals surface area contributed by atoms with Gasteiger partial charge in [0, 0.05) is 0 Å². The summed E-state index contributed by atoms with van der Waals surface area (Å²) in [6, 6.07) is 8.65. The molecule has 1 N–H and O–H groups in total. The summed E-state index contributed by atoms with van der Waals surface area (Å²) < 4.78 is 25.9. The maximum atomic E-state index is 12.5. The molecule has 108 valence electrons. The molecule has 1 aromatic rings. The standard InChI is InChI=1S/C13H16N2O4S/c1-13(2)12(17)14-11(16)8-15(13)20(18,19)9-10-6-4-3-5-7-10/h3-7H,8-9H2,1-2H3,(H,14,16,17). The number of amides is 2. The highest BCUT2D eigenvalue weighted by Crippen LogP contribution is 2.24. The molecule has 1 aliphatic heterocycles. The molecule has 0 radical (unpaired) electrons. The van der Waals surface area contributed by atoms with Crippen LogP contribution in [0.15, 0.2) is 30.3 Å². The van der Waals surface area contributed by atoms with Crippen LogP contribution in [0.2, 0.25) is 0 Å². The summed E-state index contributed by atoms with van der Waals surface area (Å²) in [5.41, 5.74) is -0.664. The lowest BCUT2D eigenvalue weighted by Gasteiger charge is -2.38. The van der Waals surface area contributed by atoms with Gasteiger partial charge in [0.05, 0.1) is 12.3 Å². The third kappa shape index (κ3) is 2.73. The fourth-order valence-electron chi connectivity index (χ4n) is 2.07. The van der Waals surface area contributed by atoms with Crippen LogP contribution in [0.4, 0.5) is 0 Å². The molecule has 0 saturated carbocycles. The van der Waals surface area contributed by atoms with Crippen LogP contribution in [0.3, 0.4) is 0 Å². The number of benzene rings is 1. The first-order valence-electron chi connectivity index (χ1n) is 6.12. The van der Waals surface area contributed by atoms with Gasteiger partial charge < -0.3 is 0 Å². The molecule has 0 unspecified atom stereocenters. The first kappa shape index (κ1) is 14.7. The van der Waals surface area contributed by atoms with Crippen molar-refractivity contribution in [2.45, 2.75) is 25.1 Å². The largest absolute Gasteiger partial charge is 0.294 e. The zero-order valence-electron chi connectivity index (χ0n) is 11.3. The Morgan fingerprint density at radius 3 is 2.40 bits per heavy atom. The van der Waals surface area contributed by atoms with Gasteiger partial charge in [-0.15, -0.1) is 0 Å². The van der Waals surface area contributed by atoms with Crippen molar-refractivity contribution < 1.29 is 18.0 Å². The van der Waals surface area contributed by atoms with Gasteiger partial charge in [-0.1, -0.05) is 30.3 Å². The lowest BCUT2D eigenvalue weighted by molar-refractivity contribution is -0.141. The van der Waals surface area contributed by atoms with E-state index in [1.807, 2.05) is 0 Å². The molecule has 1 aromatic carbocycles. The molecule has 1 fully saturated rings. The van der Waals surface area contributed by atoms with E-state index in [1.165, 1.54) is 13.8 Å². The second kappa shape index (κ2) is 4.99. The average molecular weight is 296 g/mol. The Morgan fingerprint density at radius 1 is 1.20 bits per heavy atom. The minimum atomic E-state index is -3.76. The Kier molecular flexibility index (Phi) is 3.66. The Balaban J connectivity index is 2.32. The lowest BCUT2D eigenvalue weighted by Crippen LogP contribution is -2.65. The van der Waals surface area contributed by atoms with Gasteiger partial charge in [0.25, 0.3) is 0 Å². The minimum absolute atomic E-state index is 0.238. The van der Waals surface area contributed by atoms with Crippen LogP contribution < -0.4 is 5.32 Å².